The molecule has 0 aliphatic heterocycles. The van der Waals surface area contributed by atoms with Gasteiger partial charge in [0.1, 0.15) is 5.92 Å². The molecule has 1 aromatic rings. The van der Waals surface area contributed by atoms with Gasteiger partial charge in [0.15, 0.2) is 5.78 Å². The van der Waals surface area contributed by atoms with Crippen molar-refractivity contribution in [3.05, 3.63) is 34.9 Å². The van der Waals surface area contributed by atoms with E-state index in [2.05, 4.69) is 6.07 Å². The maximum Gasteiger partial charge on any atom is 0.157 e. The van der Waals surface area contributed by atoms with Crippen LogP contribution in [0.2, 0.25) is 5.02 Å². The Balaban J connectivity index is 2.23. The Hall–Kier alpha value is -1.33. The van der Waals surface area contributed by atoms with Gasteiger partial charge >= 0.3 is 0 Å². The van der Waals surface area contributed by atoms with Crippen molar-refractivity contribution in [2.75, 3.05) is 0 Å². The van der Waals surface area contributed by atoms with Gasteiger partial charge < -0.3 is 0 Å². The van der Waals surface area contributed by atoms with Crippen molar-refractivity contribution in [1.82, 2.24) is 0 Å². The van der Waals surface area contributed by atoms with Crippen LogP contribution >= 0.6 is 11.6 Å². The van der Waals surface area contributed by atoms with Crippen LogP contribution in [0.15, 0.2) is 24.3 Å². The van der Waals surface area contributed by atoms with Crippen LogP contribution in [-0.4, -0.2) is 5.78 Å². The summed E-state index contributed by atoms with van der Waals surface area (Å²) in [5.74, 6) is -0.445. The summed E-state index contributed by atoms with van der Waals surface area (Å²) >= 11 is 5.75. The van der Waals surface area contributed by atoms with Crippen LogP contribution in [0, 0.1) is 17.2 Å². The Morgan fingerprint density at radius 2 is 2.00 bits per heavy atom. The van der Waals surface area contributed by atoms with Crippen molar-refractivity contribution in [3.8, 4) is 6.07 Å². The molecule has 76 valence electrons. The molecule has 0 spiro atoms. The standard InChI is InChI=1S/C12H10ClNO/c13-10-5-3-8(4-6-10)11(7-14)12(15)9-1-2-9/h3-6,9,11H,1-2H2/t11-/m1/s1. The first-order valence-corrected chi connectivity index (χ1v) is 5.29. The normalized spacial score (nSPS) is 16.8. The summed E-state index contributed by atoms with van der Waals surface area (Å²) in [6.45, 7) is 0. The predicted molar refractivity (Wildman–Crippen MR) is 57.5 cm³/mol. The summed E-state index contributed by atoms with van der Waals surface area (Å²) in [5, 5.41) is 9.61. The molecule has 1 atom stereocenters. The number of benzene rings is 1. The number of halogens is 1. The van der Waals surface area contributed by atoms with Gasteiger partial charge in [-0.25, -0.2) is 0 Å². The molecule has 2 rings (SSSR count). The fraction of sp³-hybridized carbons (Fsp3) is 0.333. The summed E-state index contributed by atoms with van der Waals surface area (Å²) in [7, 11) is 0. The monoisotopic (exact) mass is 219 g/mol. The molecule has 1 aliphatic carbocycles. The lowest BCUT2D eigenvalue weighted by atomic mass is 9.94. The van der Waals surface area contributed by atoms with Crippen LogP contribution in [0.5, 0.6) is 0 Å². The molecular weight excluding hydrogens is 210 g/mol. The van der Waals surface area contributed by atoms with E-state index in [4.69, 9.17) is 16.9 Å². The number of nitriles is 1. The Labute approximate surface area is 93.5 Å². The van der Waals surface area contributed by atoms with Crippen LogP contribution in [0.25, 0.3) is 0 Å². The number of hydrogen-bond acceptors (Lipinski definition) is 2. The van der Waals surface area contributed by atoms with Crippen molar-refractivity contribution in [2.24, 2.45) is 5.92 Å². The number of hydrogen-bond donors (Lipinski definition) is 0. The van der Waals surface area contributed by atoms with Crippen molar-refractivity contribution >= 4 is 17.4 Å². The van der Waals surface area contributed by atoms with E-state index in [1.54, 1.807) is 24.3 Å². The Morgan fingerprint density at radius 1 is 1.40 bits per heavy atom. The summed E-state index contributed by atoms with van der Waals surface area (Å²) < 4.78 is 0. The first kappa shape index (κ1) is 10.2. The zero-order valence-corrected chi connectivity index (χ0v) is 8.87. The maximum absolute atomic E-state index is 11.8. The summed E-state index contributed by atoms with van der Waals surface area (Å²) in [6.07, 6.45) is 1.87. The highest BCUT2D eigenvalue weighted by molar-refractivity contribution is 6.30. The highest BCUT2D eigenvalue weighted by atomic mass is 35.5. The lowest BCUT2D eigenvalue weighted by Crippen LogP contribution is -2.12. The lowest BCUT2D eigenvalue weighted by molar-refractivity contribution is -0.120. The number of rotatable bonds is 3. The van der Waals surface area contributed by atoms with Gasteiger partial charge in [-0.05, 0) is 30.5 Å². The average molecular weight is 220 g/mol. The number of ketones is 1. The van der Waals surface area contributed by atoms with Crippen molar-refractivity contribution in [1.29, 1.82) is 5.26 Å². The van der Waals surface area contributed by atoms with Gasteiger partial charge in [0.25, 0.3) is 0 Å². The van der Waals surface area contributed by atoms with Gasteiger partial charge in [0, 0.05) is 10.9 Å². The molecule has 3 heteroatoms. The molecule has 0 N–H and O–H groups in total. The second-order valence-electron chi connectivity index (χ2n) is 3.79. The highest BCUT2D eigenvalue weighted by Crippen LogP contribution is 2.35. The van der Waals surface area contributed by atoms with E-state index >= 15 is 0 Å². The molecule has 0 bridgehead atoms. The molecule has 0 heterocycles. The molecule has 2 nitrogen and oxygen atoms in total. The van der Waals surface area contributed by atoms with Crippen LogP contribution in [0.1, 0.15) is 24.3 Å². The molecular formula is C12H10ClNO. The predicted octanol–water partition coefficient (Wildman–Crippen LogP) is 2.93. The van der Waals surface area contributed by atoms with E-state index in [-0.39, 0.29) is 11.7 Å². The molecule has 1 fully saturated rings. The molecule has 1 aromatic carbocycles. The van der Waals surface area contributed by atoms with Gasteiger partial charge in [0.2, 0.25) is 0 Å². The Kier molecular flexibility index (Phi) is 2.75. The summed E-state index contributed by atoms with van der Waals surface area (Å²) in [5.41, 5.74) is 0.749. The van der Waals surface area contributed by atoms with Crippen LogP contribution < -0.4 is 0 Å². The number of nitrogens with zero attached hydrogens (tertiary/aromatic N) is 1. The summed E-state index contributed by atoms with van der Waals surface area (Å²) in [4.78, 5) is 11.8. The molecule has 0 unspecified atom stereocenters. The highest BCUT2D eigenvalue weighted by Gasteiger charge is 2.35. The largest absolute Gasteiger partial charge is 0.298 e. The van der Waals surface area contributed by atoms with E-state index in [0.717, 1.165) is 18.4 Å². The molecule has 1 saturated carbocycles. The van der Waals surface area contributed by atoms with Gasteiger partial charge in [-0.15, -0.1) is 0 Å². The lowest BCUT2D eigenvalue weighted by Gasteiger charge is -2.07. The first-order valence-electron chi connectivity index (χ1n) is 4.91. The quantitative estimate of drug-likeness (QED) is 0.784. The third-order valence-corrected chi connectivity index (χ3v) is 2.85. The number of Topliss-reactive ketones (excluding diaryl/α,β-unsaturated/α-hetero) is 1. The third kappa shape index (κ3) is 2.19. The van der Waals surface area contributed by atoms with Crippen LogP contribution in [0.4, 0.5) is 0 Å². The van der Waals surface area contributed by atoms with Gasteiger partial charge in [-0.2, -0.15) is 5.26 Å². The minimum Gasteiger partial charge on any atom is -0.298 e. The average Bonchev–Trinajstić information content (AvgIpc) is 3.05. The van der Waals surface area contributed by atoms with Gasteiger partial charge in [0.05, 0.1) is 6.07 Å². The molecule has 0 radical (unpaired) electrons. The van der Waals surface area contributed by atoms with E-state index in [1.807, 2.05) is 0 Å². The number of carbonyl (C=O) groups excluding carboxylic acids is 1. The first-order chi connectivity index (χ1) is 7.22. The second kappa shape index (κ2) is 4.04. The smallest absolute Gasteiger partial charge is 0.157 e. The van der Waals surface area contributed by atoms with Crippen molar-refractivity contribution in [3.63, 3.8) is 0 Å². The Bertz CT molecular complexity index is 414. The minimum absolute atomic E-state index is 0.0554. The Morgan fingerprint density at radius 3 is 2.47 bits per heavy atom. The van der Waals surface area contributed by atoms with Gasteiger partial charge in [-0.1, -0.05) is 23.7 Å². The van der Waals surface area contributed by atoms with E-state index in [1.165, 1.54) is 0 Å². The van der Waals surface area contributed by atoms with E-state index < -0.39 is 5.92 Å². The third-order valence-electron chi connectivity index (χ3n) is 2.60. The molecule has 0 saturated heterocycles. The van der Waals surface area contributed by atoms with Crippen LogP contribution in [-0.2, 0) is 4.79 Å². The second-order valence-corrected chi connectivity index (χ2v) is 4.23. The molecule has 15 heavy (non-hydrogen) atoms. The maximum atomic E-state index is 11.8. The van der Waals surface area contributed by atoms with Crippen LogP contribution in [0.3, 0.4) is 0 Å². The van der Waals surface area contributed by atoms with E-state index in [0.29, 0.717) is 5.02 Å². The minimum atomic E-state index is -0.616. The summed E-state index contributed by atoms with van der Waals surface area (Å²) in [6, 6.07) is 8.98. The van der Waals surface area contributed by atoms with Crippen molar-refractivity contribution < 1.29 is 4.79 Å². The molecule has 0 amide bonds. The van der Waals surface area contributed by atoms with Crippen molar-refractivity contribution in [2.45, 2.75) is 18.8 Å². The zero-order chi connectivity index (χ0) is 10.8. The number of carbonyl (C=O) groups is 1. The molecule has 0 aromatic heterocycles. The van der Waals surface area contributed by atoms with Gasteiger partial charge in [-0.3, -0.25) is 4.79 Å². The fourth-order valence-electron chi connectivity index (χ4n) is 1.56. The zero-order valence-electron chi connectivity index (χ0n) is 8.11. The van der Waals surface area contributed by atoms with E-state index in [9.17, 15) is 4.79 Å². The topological polar surface area (TPSA) is 40.9 Å². The fourth-order valence-corrected chi connectivity index (χ4v) is 1.69. The molecule has 1 aliphatic rings. The SMILES string of the molecule is N#C[C@@H](C(=O)C1CC1)c1ccc(Cl)cc1.